The first kappa shape index (κ1) is 11.7. The first-order chi connectivity index (χ1) is 8.04. The molecule has 0 spiro atoms. The molecule has 2 aromatic rings. The minimum absolute atomic E-state index is 0.247. The Morgan fingerprint density at radius 1 is 1.18 bits per heavy atom. The van der Waals surface area contributed by atoms with Crippen molar-refractivity contribution in [2.24, 2.45) is 0 Å². The second-order valence-corrected chi connectivity index (χ2v) is 4.27. The van der Waals surface area contributed by atoms with E-state index in [0.29, 0.717) is 10.8 Å². The third-order valence-corrected chi connectivity index (χ3v) is 2.59. The monoisotopic (exact) mass is 248 g/mol. The fourth-order valence-electron chi connectivity index (χ4n) is 1.53. The average molecular weight is 249 g/mol. The predicted octanol–water partition coefficient (Wildman–Crippen LogP) is 3.07. The van der Waals surface area contributed by atoms with Crippen LogP contribution in [0.4, 0.5) is 17.5 Å². The number of nitrogen functional groups attached to an aromatic ring is 1. The fraction of sp³-hybridized carbons (Fsp3) is 0.167. The molecule has 5 heteroatoms. The minimum atomic E-state index is 0.247. The van der Waals surface area contributed by atoms with Crippen LogP contribution in [0.15, 0.2) is 24.3 Å². The summed E-state index contributed by atoms with van der Waals surface area (Å²) in [7, 11) is 0. The lowest BCUT2D eigenvalue weighted by Crippen LogP contribution is -2.01. The van der Waals surface area contributed by atoms with Gasteiger partial charge in [0.05, 0.1) is 10.7 Å². The molecule has 0 unspecified atom stereocenters. The van der Waals surface area contributed by atoms with Crippen LogP contribution in [0.25, 0.3) is 0 Å². The highest BCUT2D eigenvalue weighted by Crippen LogP contribution is 2.25. The molecule has 17 heavy (non-hydrogen) atoms. The van der Waals surface area contributed by atoms with Crippen LogP contribution in [-0.4, -0.2) is 9.97 Å². The average Bonchev–Trinajstić information content (AvgIpc) is 2.22. The Bertz CT molecular complexity index is 534. The van der Waals surface area contributed by atoms with Crippen LogP contribution in [0.1, 0.15) is 11.3 Å². The Morgan fingerprint density at radius 3 is 2.65 bits per heavy atom. The Morgan fingerprint density at radius 2 is 1.94 bits per heavy atom. The van der Waals surface area contributed by atoms with Crippen molar-refractivity contribution < 1.29 is 0 Å². The highest BCUT2D eigenvalue weighted by Gasteiger charge is 2.03. The van der Waals surface area contributed by atoms with Gasteiger partial charge in [-0.2, -0.15) is 4.98 Å². The van der Waals surface area contributed by atoms with Crippen molar-refractivity contribution in [3.8, 4) is 0 Å². The van der Waals surface area contributed by atoms with E-state index in [0.717, 1.165) is 16.9 Å². The molecular formula is C12H13ClN4. The summed E-state index contributed by atoms with van der Waals surface area (Å²) in [5, 5.41) is 3.78. The molecule has 0 saturated carbocycles. The van der Waals surface area contributed by atoms with Crippen LogP contribution < -0.4 is 11.1 Å². The van der Waals surface area contributed by atoms with Crippen molar-refractivity contribution in [2.45, 2.75) is 13.8 Å². The first-order valence-corrected chi connectivity index (χ1v) is 5.57. The van der Waals surface area contributed by atoms with Gasteiger partial charge in [0, 0.05) is 11.8 Å². The van der Waals surface area contributed by atoms with Gasteiger partial charge >= 0.3 is 0 Å². The molecule has 4 nitrogen and oxygen atoms in total. The minimum Gasteiger partial charge on any atom is -0.368 e. The van der Waals surface area contributed by atoms with Crippen LogP contribution in [0.3, 0.4) is 0 Å². The number of nitrogens with zero attached hydrogens (tertiary/aromatic N) is 2. The Hall–Kier alpha value is -1.81. The number of rotatable bonds is 2. The topological polar surface area (TPSA) is 63.8 Å². The zero-order valence-corrected chi connectivity index (χ0v) is 10.4. The molecule has 0 bridgehead atoms. The molecule has 0 aliphatic rings. The number of aryl methyl sites for hydroxylation is 2. The maximum absolute atomic E-state index is 6.09. The summed E-state index contributed by atoms with van der Waals surface area (Å²) < 4.78 is 0. The molecule has 2 rings (SSSR count). The largest absolute Gasteiger partial charge is 0.368 e. The third-order valence-electron chi connectivity index (χ3n) is 2.26. The van der Waals surface area contributed by atoms with Gasteiger partial charge in [0.1, 0.15) is 5.82 Å². The van der Waals surface area contributed by atoms with E-state index in [1.54, 1.807) is 0 Å². The number of nitrogens with two attached hydrogens (primary N) is 1. The van der Waals surface area contributed by atoms with E-state index in [4.69, 9.17) is 17.3 Å². The lowest BCUT2D eigenvalue weighted by molar-refractivity contribution is 1.12. The predicted molar refractivity (Wildman–Crippen MR) is 70.7 cm³/mol. The lowest BCUT2D eigenvalue weighted by Gasteiger charge is -2.09. The SMILES string of the molecule is Cc1ccc(Cl)c(Nc2cc(C)nc(N)n2)c1. The van der Waals surface area contributed by atoms with Crippen molar-refractivity contribution >= 4 is 29.1 Å². The summed E-state index contributed by atoms with van der Waals surface area (Å²) in [5.41, 5.74) is 8.33. The van der Waals surface area contributed by atoms with Crippen LogP contribution in [0.5, 0.6) is 0 Å². The van der Waals surface area contributed by atoms with E-state index < -0.39 is 0 Å². The van der Waals surface area contributed by atoms with E-state index in [1.807, 2.05) is 38.1 Å². The number of aromatic nitrogens is 2. The highest BCUT2D eigenvalue weighted by molar-refractivity contribution is 6.33. The van der Waals surface area contributed by atoms with Crippen LogP contribution in [0.2, 0.25) is 5.02 Å². The number of benzene rings is 1. The molecule has 1 aromatic heterocycles. The summed E-state index contributed by atoms with van der Waals surface area (Å²) >= 11 is 6.09. The van der Waals surface area contributed by atoms with Crippen LogP contribution >= 0.6 is 11.6 Å². The molecule has 1 heterocycles. The standard InChI is InChI=1S/C12H13ClN4/c1-7-3-4-9(13)10(5-7)16-11-6-8(2)15-12(14)17-11/h3-6H,1-2H3,(H3,14,15,16,17). The van der Waals surface area contributed by atoms with Crippen molar-refractivity contribution in [1.29, 1.82) is 0 Å². The van der Waals surface area contributed by atoms with Gasteiger partial charge in [0.2, 0.25) is 5.95 Å². The van der Waals surface area contributed by atoms with E-state index >= 15 is 0 Å². The number of nitrogens with one attached hydrogen (secondary N) is 1. The van der Waals surface area contributed by atoms with E-state index in [1.165, 1.54) is 0 Å². The molecule has 0 fully saturated rings. The molecule has 0 amide bonds. The zero-order valence-electron chi connectivity index (χ0n) is 9.66. The molecule has 0 atom stereocenters. The maximum Gasteiger partial charge on any atom is 0.222 e. The number of hydrogen-bond donors (Lipinski definition) is 2. The zero-order chi connectivity index (χ0) is 12.4. The van der Waals surface area contributed by atoms with Gasteiger partial charge in [0.15, 0.2) is 0 Å². The highest BCUT2D eigenvalue weighted by atomic mass is 35.5. The quantitative estimate of drug-likeness (QED) is 0.857. The van der Waals surface area contributed by atoms with Crippen molar-refractivity contribution in [3.63, 3.8) is 0 Å². The maximum atomic E-state index is 6.09. The molecule has 0 radical (unpaired) electrons. The van der Waals surface area contributed by atoms with E-state index in [-0.39, 0.29) is 5.95 Å². The number of halogens is 1. The summed E-state index contributed by atoms with van der Waals surface area (Å²) in [5.74, 6) is 0.888. The van der Waals surface area contributed by atoms with Crippen LogP contribution in [0, 0.1) is 13.8 Å². The van der Waals surface area contributed by atoms with Crippen LogP contribution in [-0.2, 0) is 0 Å². The smallest absolute Gasteiger partial charge is 0.222 e. The molecule has 0 aliphatic carbocycles. The van der Waals surface area contributed by atoms with E-state index in [2.05, 4.69) is 15.3 Å². The third kappa shape index (κ3) is 2.85. The van der Waals surface area contributed by atoms with Crippen molar-refractivity contribution in [3.05, 3.63) is 40.5 Å². The van der Waals surface area contributed by atoms with Crippen molar-refractivity contribution in [2.75, 3.05) is 11.1 Å². The number of anilines is 3. The lowest BCUT2D eigenvalue weighted by atomic mass is 10.2. The van der Waals surface area contributed by atoms with Gasteiger partial charge < -0.3 is 11.1 Å². The molecule has 0 saturated heterocycles. The van der Waals surface area contributed by atoms with Gasteiger partial charge in [-0.1, -0.05) is 17.7 Å². The number of hydrogen-bond acceptors (Lipinski definition) is 4. The molecule has 0 aliphatic heterocycles. The molecule has 88 valence electrons. The summed E-state index contributed by atoms with van der Waals surface area (Å²) in [4.78, 5) is 8.11. The normalized spacial score (nSPS) is 10.3. The van der Waals surface area contributed by atoms with Gasteiger partial charge in [-0.3, -0.25) is 0 Å². The fourth-order valence-corrected chi connectivity index (χ4v) is 1.69. The summed E-state index contributed by atoms with van der Waals surface area (Å²) in [6.07, 6.45) is 0. The Labute approximate surface area is 105 Å². The Balaban J connectivity index is 2.34. The van der Waals surface area contributed by atoms with E-state index in [9.17, 15) is 0 Å². The summed E-state index contributed by atoms with van der Waals surface area (Å²) in [6.45, 7) is 3.86. The van der Waals surface area contributed by atoms with Gasteiger partial charge in [0.25, 0.3) is 0 Å². The molecular weight excluding hydrogens is 236 g/mol. The van der Waals surface area contributed by atoms with Gasteiger partial charge in [-0.05, 0) is 31.5 Å². The van der Waals surface area contributed by atoms with Crippen molar-refractivity contribution in [1.82, 2.24) is 9.97 Å². The van der Waals surface area contributed by atoms with Gasteiger partial charge in [-0.25, -0.2) is 4.98 Å². The molecule has 3 N–H and O–H groups in total. The Kier molecular flexibility index (Phi) is 3.15. The van der Waals surface area contributed by atoms with Gasteiger partial charge in [-0.15, -0.1) is 0 Å². The summed E-state index contributed by atoms with van der Waals surface area (Å²) in [6, 6.07) is 7.56. The second-order valence-electron chi connectivity index (χ2n) is 3.86. The second kappa shape index (κ2) is 4.59. The molecule has 1 aromatic carbocycles. The first-order valence-electron chi connectivity index (χ1n) is 5.19.